The van der Waals surface area contributed by atoms with Crippen molar-refractivity contribution in [3.63, 3.8) is 0 Å². The summed E-state index contributed by atoms with van der Waals surface area (Å²) in [5.41, 5.74) is 0. The highest BCUT2D eigenvalue weighted by molar-refractivity contribution is 8.11. The molecule has 4 nitrogen and oxygen atoms in total. The topological polar surface area (TPSA) is 61.2 Å². The van der Waals surface area contributed by atoms with Gasteiger partial charge in [-0.1, -0.05) is 6.92 Å². The molecule has 6 heteroatoms. The lowest BCUT2D eigenvalue weighted by molar-refractivity contribution is 0.409. The molecule has 0 aliphatic rings. The third kappa shape index (κ3) is 3.90. The Morgan fingerprint density at radius 3 is 2.42 bits per heavy atom. The van der Waals surface area contributed by atoms with Crippen LogP contribution in [0.3, 0.4) is 0 Å². The first-order valence-corrected chi connectivity index (χ1v) is 5.77. The van der Waals surface area contributed by atoms with Crippen LogP contribution in [0.4, 0.5) is 0 Å². The maximum Gasteiger partial charge on any atom is 0.299 e. The van der Waals surface area contributed by atoms with Gasteiger partial charge in [-0.15, -0.1) is 0 Å². The number of halogens is 1. The Labute approximate surface area is 77.3 Å². The van der Waals surface area contributed by atoms with Crippen LogP contribution in [0, 0.1) is 17.2 Å². The minimum Gasteiger partial charge on any atom is -0.198 e. The van der Waals surface area contributed by atoms with E-state index < -0.39 is 9.24 Å². The van der Waals surface area contributed by atoms with E-state index in [-0.39, 0.29) is 19.0 Å². The van der Waals surface area contributed by atoms with Crippen LogP contribution in [0.1, 0.15) is 13.8 Å². The van der Waals surface area contributed by atoms with Crippen molar-refractivity contribution >= 4 is 19.9 Å². The summed E-state index contributed by atoms with van der Waals surface area (Å²) >= 11 is 0. The van der Waals surface area contributed by atoms with E-state index in [1.54, 1.807) is 13.8 Å². The fourth-order valence-electron chi connectivity index (χ4n) is 0.719. The van der Waals surface area contributed by atoms with E-state index in [1.807, 2.05) is 6.07 Å². The molecule has 0 radical (unpaired) electrons. The minimum atomic E-state index is -3.67. The molecule has 0 bridgehead atoms. The highest BCUT2D eigenvalue weighted by Gasteiger charge is 2.18. The van der Waals surface area contributed by atoms with Gasteiger partial charge in [0.1, 0.15) is 0 Å². The Bertz CT molecular complexity index is 270. The molecule has 1 atom stereocenters. The number of hydrogen-bond donors (Lipinski definition) is 0. The molecular weight excluding hydrogens is 200 g/mol. The summed E-state index contributed by atoms with van der Waals surface area (Å²) in [7, 11) is 1.42. The second-order valence-corrected chi connectivity index (χ2v) is 4.93. The van der Waals surface area contributed by atoms with Gasteiger partial charge in [-0.3, -0.25) is 0 Å². The first-order valence-electron chi connectivity index (χ1n) is 3.51. The van der Waals surface area contributed by atoms with E-state index in [0.29, 0.717) is 0 Å². The predicted molar refractivity (Wildman–Crippen MR) is 46.8 cm³/mol. The van der Waals surface area contributed by atoms with Crippen molar-refractivity contribution in [1.29, 1.82) is 5.26 Å². The first kappa shape index (κ1) is 11.7. The molecule has 0 aliphatic carbocycles. The normalized spacial score (nSPS) is 14.2. The van der Waals surface area contributed by atoms with Gasteiger partial charge in [-0.05, 0) is 6.92 Å². The second-order valence-electron chi connectivity index (χ2n) is 2.42. The molecule has 0 amide bonds. The average Bonchev–Trinajstić information content (AvgIpc) is 1.97. The standard InChI is InChI=1S/C6H11ClN2O2S/c1-3-9(12(7,10)11)5-6(2)4-8/h6H,3,5H2,1-2H3/t6-/m0/s1. The SMILES string of the molecule is CCN(C[C@@H](C)C#N)S(=O)(=O)Cl. The maximum absolute atomic E-state index is 10.8. The zero-order valence-corrected chi connectivity index (χ0v) is 8.56. The van der Waals surface area contributed by atoms with Crippen molar-refractivity contribution < 1.29 is 8.42 Å². The Morgan fingerprint density at radius 1 is 1.67 bits per heavy atom. The zero-order valence-electron chi connectivity index (χ0n) is 6.99. The smallest absolute Gasteiger partial charge is 0.198 e. The van der Waals surface area contributed by atoms with Crippen molar-refractivity contribution in [1.82, 2.24) is 4.31 Å². The van der Waals surface area contributed by atoms with Gasteiger partial charge in [0.25, 0.3) is 9.24 Å². The van der Waals surface area contributed by atoms with Gasteiger partial charge < -0.3 is 0 Å². The molecule has 0 aromatic rings. The summed E-state index contributed by atoms with van der Waals surface area (Å²) in [6.45, 7) is 3.76. The lowest BCUT2D eigenvalue weighted by atomic mass is 10.2. The average molecular weight is 211 g/mol. The van der Waals surface area contributed by atoms with Crippen LogP contribution in [0.25, 0.3) is 0 Å². The summed E-state index contributed by atoms with van der Waals surface area (Å²) in [6, 6.07) is 1.94. The molecule has 0 aromatic carbocycles. The van der Waals surface area contributed by atoms with Gasteiger partial charge in [-0.2, -0.15) is 18.0 Å². The molecule has 0 heterocycles. The monoisotopic (exact) mass is 210 g/mol. The number of rotatable bonds is 4. The molecule has 0 aliphatic heterocycles. The van der Waals surface area contributed by atoms with Crippen molar-refractivity contribution in [2.24, 2.45) is 5.92 Å². The van der Waals surface area contributed by atoms with Crippen molar-refractivity contribution in [3.05, 3.63) is 0 Å². The minimum absolute atomic E-state index is 0.152. The zero-order chi connectivity index (χ0) is 9.78. The van der Waals surface area contributed by atoms with Crippen LogP contribution >= 0.6 is 10.7 Å². The molecule has 70 valence electrons. The first-order chi connectivity index (χ1) is 5.41. The lowest BCUT2D eigenvalue weighted by Crippen LogP contribution is -2.30. The molecule has 0 saturated heterocycles. The predicted octanol–water partition coefficient (Wildman–Crippen LogP) is 0.952. The van der Waals surface area contributed by atoms with Crippen molar-refractivity contribution in [2.75, 3.05) is 13.1 Å². The van der Waals surface area contributed by atoms with Crippen LogP contribution in [0.2, 0.25) is 0 Å². The van der Waals surface area contributed by atoms with Gasteiger partial charge in [0.2, 0.25) is 0 Å². The third-order valence-corrected chi connectivity index (χ3v) is 2.97. The van der Waals surface area contributed by atoms with Gasteiger partial charge in [0.15, 0.2) is 0 Å². The summed E-state index contributed by atoms with van der Waals surface area (Å²) < 4.78 is 22.6. The van der Waals surface area contributed by atoms with E-state index in [4.69, 9.17) is 15.9 Å². The fraction of sp³-hybridized carbons (Fsp3) is 0.833. The number of hydrogen-bond acceptors (Lipinski definition) is 3. The van der Waals surface area contributed by atoms with E-state index in [9.17, 15) is 8.42 Å². The Balaban J connectivity index is 4.32. The van der Waals surface area contributed by atoms with Crippen LogP contribution in [0.15, 0.2) is 0 Å². The Morgan fingerprint density at radius 2 is 2.17 bits per heavy atom. The quantitative estimate of drug-likeness (QED) is 0.650. The fourth-order valence-corrected chi connectivity index (χ4v) is 1.89. The largest absolute Gasteiger partial charge is 0.299 e. The summed E-state index contributed by atoms with van der Waals surface area (Å²) in [5, 5.41) is 8.43. The summed E-state index contributed by atoms with van der Waals surface area (Å²) in [6.07, 6.45) is 0. The lowest BCUT2D eigenvalue weighted by Gasteiger charge is -2.16. The van der Waals surface area contributed by atoms with E-state index >= 15 is 0 Å². The van der Waals surface area contributed by atoms with Crippen LogP contribution < -0.4 is 0 Å². The molecule has 0 spiro atoms. The van der Waals surface area contributed by atoms with Crippen LogP contribution in [0.5, 0.6) is 0 Å². The van der Waals surface area contributed by atoms with Gasteiger partial charge in [-0.25, -0.2) is 0 Å². The molecule has 0 unspecified atom stereocenters. The van der Waals surface area contributed by atoms with Crippen LogP contribution in [-0.2, 0) is 9.24 Å². The van der Waals surface area contributed by atoms with Gasteiger partial charge in [0.05, 0.1) is 12.0 Å². The van der Waals surface area contributed by atoms with Crippen LogP contribution in [-0.4, -0.2) is 25.8 Å². The number of nitrogens with zero attached hydrogens (tertiary/aromatic N) is 2. The molecule has 0 rings (SSSR count). The third-order valence-electron chi connectivity index (χ3n) is 1.36. The van der Waals surface area contributed by atoms with Crippen molar-refractivity contribution in [2.45, 2.75) is 13.8 Å². The Hall–Kier alpha value is -0.310. The highest BCUT2D eigenvalue weighted by atomic mass is 35.7. The molecule has 0 aromatic heterocycles. The molecule has 12 heavy (non-hydrogen) atoms. The molecule has 0 saturated carbocycles. The maximum atomic E-state index is 10.8. The molecular formula is C6H11ClN2O2S. The molecule has 0 N–H and O–H groups in total. The highest BCUT2D eigenvalue weighted by Crippen LogP contribution is 2.08. The van der Waals surface area contributed by atoms with Crippen molar-refractivity contribution in [3.8, 4) is 6.07 Å². The van der Waals surface area contributed by atoms with E-state index in [1.165, 1.54) is 0 Å². The van der Waals surface area contributed by atoms with Gasteiger partial charge in [0, 0.05) is 23.8 Å². The van der Waals surface area contributed by atoms with E-state index in [2.05, 4.69) is 0 Å². The number of nitriles is 1. The second kappa shape index (κ2) is 4.65. The Kier molecular flexibility index (Phi) is 4.53. The summed E-state index contributed by atoms with van der Waals surface area (Å²) in [4.78, 5) is 0. The summed E-state index contributed by atoms with van der Waals surface area (Å²) in [5.74, 6) is -0.335. The molecule has 0 fully saturated rings. The van der Waals surface area contributed by atoms with E-state index in [0.717, 1.165) is 4.31 Å². The van der Waals surface area contributed by atoms with Gasteiger partial charge >= 0.3 is 0 Å².